The first kappa shape index (κ1) is 10.3. The molecule has 0 aromatic rings. The van der Waals surface area contributed by atoms with Crippen molar-refractivity contribution in [2.75, 3.05) is 13.1 Å². The summed E-state index contributed by atoms with van der Waals surface area (Å²) >= 11 is 0. The van der Waals surface area contributed by atoms with Crippen LogP contribution in [0.1, 0.15) is 25.7 Å². The molecule has 1 atom stereocenters. The average Bonchev–Trinajstić information content (AvgIpc) is 2.64. The molecule has 1 fully saturated rings. The van der Waals surface area contributed by atoms with Gasteiger partial charge in [0.15, 0.2) is 0 Å². The van der Waals surface area contributed by atoms with Crippen LogP contribution in [0, 0.1) is 0 Å². The van der Waals surface area contributed by atoms with Gasteiger partial charge in [-0.15, -0.1) is 6.58 Å². The molecule has 13 heavy (non-hydrogen) atoms. The van der Waals surface area contributed by atoms with Crippen molar-refractivity contribution in [3.63, 3.8) is 0 Å². The smallest absolute Gasteiger partial charge is 0.220 e. The summed E-state index contributed by atoms with van der Waals surface area (Å²) in [5.74, 6) is 0.133. The fourth-order valence-corrected chi connectivity index (χ4v) is 1.49. The summed E-state index contributed by atoms with van der Waals surface area (Å²) in [5.41, 5.74) is 0. The number of allylic oxidation sites excluding steroid dienone is 1. The molecule has 0 aromatic carbocycles. The Labute approximate surface area is 79.6 Å². The molecular formula is C10H18N2O. The highest BCUT2D eigenvalue weighted by Crippen LogP contribution is 2.03. The molecule has 1 amide bonds. The second-order valence-corrected chi connectivity index (χ2v) is 3.42. The molecule has 0 spiro atoms. The number of carbonyl (C=O) groups is 1. The Morgan fingerprint density at radius 3 is 3.15 bits per heavy atom. The van der Waals surface area contributed by atoms with Gasteiger partial charge in [0.05, 0.1) is 0 Å². The number of rotatable bonds is 5. The van der Waals surface area contributed by atoms with Gasteiger partial charge in [-0.3, -0.25) is 4.79 Å². The fraction of sp³-hybridized carbons (Fsp3) is 0.700. The summed E-state index contributed by atoms with van der Waals surface area (Å²) < 4.78 is 0. The zero-order chi connectivity index (χ0) is 9.52. The van der Waals surface area contributed by atoms with Gasteiger partial charge in [-0.05, 0) is 25.8 Å². The molecule has 1 saturated heterocycles. The summed E-state index contributed by atoms with van der Waals surface area (Å²) in [6.07, 6.45) is 5.52. The quantitative estimate of drug-likeness (QED) is 0.618. The van der Waals surface area contributed by atoms with Crippen molar-refractivity contribution in [2.45, 2.75) is 31.7 Å². The Hall–Kier alpha value is -0.830. The highest BCUT2D eigenvalue weighted by Gasteiger charge is 2.13. The van der Waals surface area contributed by atoms with Crippen LogP contribution in [0.3, 0.4) is 0 Å². The SMILES string of the molecule is C=CCCC(=O)NCC1CCCN1. The maximum Gasteiger partial charge on any atom is 0.220 e. The highest BCUT2D eigenvalue weighted by atomic mass is 16.1. The lowest BCUT2D eigenvalue weighted by Crippen LogP contribution is -2.36. The maximum absolute atomic E-state index is 11.2. The lowest BCUT2D eigenvalue weighted by atomic mass is 10.2. The Balaban J connectivity index is 2.03. The van der Waals surface area contributed by atoms with E-state index in [1.807, 2.05) is 0 Å². The molecule has 3 heteroatoms. The first-order chi connectivity index (χ1) is 6.33. The maximum atomic E-state index is 11.2. The molecule has 0 bridgehead atoms. The van der Waals surface area contributed by atoms with E-state index in [9.17, 15) is 4.79 Å². The topological polar surface area (TPSA) is 41.1 Å². The van der Waals surface area contributed by atoms with Crippen molar-refractivity contribution in [2.24, 2.45) is 0 Å². The Bertz CT molecular complexity index is 174. The number of amides is 1. The van der Waals surface area contributed by atoms with Crippen molar-refractivity contribution in [3.8, 4) is 0 Å². The van der Waals surface area contributed by atoms with E-state index in [2.05, 4.69) is 17.2 Å². The van der Waals surface area contributed by atoms with Crippen molar-refractivity contribution >= 4 is 5.91 Å². The molecule has 74 valence electrons. The van der Waals surface area contributed by atoms with Gasteiger partial charge in [-0.1, -0.05) is 6.08 Å². The summed E-state index contributed by atoms with van der Waals surface area (Å²) in [7, 11) is 0. The number of hydrogen-bond acceptors (Lipinski definition) is 2. The van der Waals surface area contributed by atoms with Crippen LogP contribution in [0.5, 0.6) is 0 Å². The molecule has 0 aromatic heterocycles. The van der Waals surface area contributed by atoms with Crippen LogP contribution in [0.4, 0.5) is 0 Å². The predicted molar refractivity (Wildman–Crippen MR) is 53.5 cm³/mol. The van der Waals surface area contributed by atoms with Crippen molar-refractivity contribution < 1.29 is 4.79 Å². The van der Waals surface area contributed by atoms with E-state index >= 15 is 0 Å². The van der Waals surface area contributed by atoms with E-state index in [0.29, 0.717) is 12.5 Å². The van der Waals surface area contributed by atoms with Crippen LogP contribution in [-0.4, -0.2) is 25.0 Å². The molecule has 3 nitrogen and oxygen atoms in total. The van der Waals surface area contributed by atoms with Gasteiger partial charge >= 0.3 is 0 Å². The van der Waals surface area contributed by atoms with E-state index < -0.39 is 0 Å². The second-order valence-electron chi connectivity index (χ2n) is 3.42. The van der Waals surface area contributed by atoms with Gasteiger partial charge in [0.25, 0.3) is 0 Å². The van der Waals surface area contributed by atoms with Gasteiger partial charge in [0, 0.05) is 19.0 Å². The summed E-state index contributed by atoms with van der Waals surface area (Å²) in [6.45, 7) is 5.44. The van der Waals surface area contributed by atoms with Gasteiger partial charge in [-0.2, -0.15) is 0 Å². The van der Waals surface area contributed by atoms with E-state index in [0.717, 1.165) is 19.5 Å². The Kier molecular flexibility index (Phi) is 4.54. The van der Waals surface area contributed by atoms with Gasteiger partial charge < -0.3 is 10.6 Å². The third kappa shape index (κ3) is 4.08. The molecule has 1 rings (SSSR count). The molecule has 0 aliphatic carbocycles. The third-order valence-corrected chi connectivity index (χ3v) is 2.28. The zero-order valence-electron chi connectivity index (χ0n) is 8.01. The van der Waals surface area contributed by atoms with Crippen LogP contribution in [0.2, 0.25) is 0 Å². The standard InChI is InChI=1S/C10H18N2O/c1-2-3-6-10(13)12-8-9-5-4-7-11-9/h2,9,11H,1,3-8H2,(H,12,13). The minimum absolute atomic E-state index is 0.133. The van der Waals surface area contributed by atoms with Gasteiger partial charge in [-0.25, -0.2) is 0 Å². The van der Waals surface area contributed by atoms with Gasteiger partial charge in [0.2, 0.25) is 5.91 Å². The first-order valence-electron chi connectivity index (χ1n) is 4.94. The lowest BCUT2D eigenvalue weighted by molar-refractivity contribution is -0.121. The molecule has 1 heterocycles. The highest BCUT2D eigenvalue weighted by molar-refractivity contribution is 5.76. The van der Waals surface area contributed by atoms with Crippen LogP contribution >= 0.6 is 0 Å². The van der Waals surface area contributed by atoms with E-state index in [1.165, 1.54) is 12.8 Å². The minimum atomic E-state index is 0.133. The molecule has 1 aliphatic heterocycles. The van der Waals surface area contributed by atoms with Crippen LogP contribution in [0.15, 0.2) is 12.7 Å². The largest absolute Gasteiger partial charge is 0.355 e. The van der Waals surface area contributed by atoms with Crippen molar-refractivity contribution in [3.05, 3.63) is 12.7 Å². The summed E-state index contributed by atoms with van der Waals surface area (Å²) in [4.78, 5) is 11.2. The molecular weight excluding hydrogens is 164 g/mol. The van der Waals surface area contributed by atoms with Crippen LogP contribution in [-0.2, 0) is 4.79 Å². The van der Waals surface area contributed by atoms with E-state index in [1.54, 1.807) is 6.08 Å². The van der Waals surface area contributed by atoms with Crippen LogP contribution in [0.25, 0.3) is 0 Å². The Morgan fingerprint density at radius 2 is 2.54 bits per heavy atom. The first-order valence-corrected chi connectivity index (χ1v) is 4.94. The fourth-order valence-electron chi connectivity index (χ4n) is 1.49. The van der Waals surface area contributed by atoms with Crippen molar-refractivity contribution in [1.29, 1.82) is 0 Å². The monoisotopic (exact) mass is 182 g/mol. The minimum Gasteiger partial charge on any atom is -0.355 e. The average molecular weight is 182 g/mol. The third-order valence-electron chi connectivity index (χ3n) is 2.28. The number of nitrogens with one attached hydrogen (secondary N) is 2. The normalized spacial score (nSPS) is 21.4. The molecule has 0 saturated carbocycles. The predicted octanol–water partition coefficient (Wildman–Crippen LogP) is 0.821. The van der Waals surface area contributed by atoms with Gasteiger partial charge in [0.1, 0.15) is 0 Å². The van der Waals surface area contributed by atoms with E-state index in [-0.39, 0.29) is 5.91 Å². The molecule has 2 N–H and O–H groups in total. The van der Waals surface area contributed by atoms with Crippen LogP contribution < -0.4 is 10.6 Å². The van der Waals surface area contributed by atoms with E-state index in [4.69, 9.17) is 0 Å². The number of hydrogen-bond donors (Lipinski definition) is 2. The van der Waals surface area contributed by atoms with Crippen molar-refractivity contribution in [1.82, 2.24) is 10.6 Å². The number of carbonyl (C=O) groups excluding carboxylic acids is 1. The zero-order valence-corrected chi connectivity index (χ0v) is 8.01. The molecule has 1 unspecified atom stereocenters. The summed E-state index contributed by atoms with van der Waals surface area (Å²) in [5, 5.41) is 6.24. The Morgan fingerprint density at radius 1 is 1.69 bits per heavy atom. The lowest BCUT2D eigenvalue weighted by Gasteiger charge is -2.10. The summed E-state index contributed by atoms with van der Waals surface area (Å²) in [6, 6.07) is 0.493. The molecule has 0 radical (unpaired) electrons. The second kappa shape index (κ2) is 5.75. The molecule has 1 aliphatic rings.